The molecule has 0 fully saturated rings. The van der Waals surface area contributed by atoms with Gasteiger partial charge in [-0.1, -0.05) is 6.08 Å². The molecule has 0 radical (unpaired) electrons. The van der Waals surface area contributed by atoms with Gasteiger partial charge in [0.25, 0.3) is 0 Å². The highest BCUT2D eigenvalue weighted by atomic mass is 16.5. The maximum absolute atomic E-state index is 9.99. The van der Waals surface area contributed by atoms with Gasteiger partial charge >= 0.3 is 0 Å². The molecule has 0 aliphatic heterocycles. The number of rotatable bonds is 6. The van der Waals surface area contributed by atoms with Gasteiger partial charge in [-0.25, -0.2) is 0 Å². The number of hydrogen-bond donors (Lipinski definition) is 1. The van der Waals surface area contributed by atoms with Crippen molar-refractivity contribution in [2.45, 2.75) is 45.3 Å². The summed E-state index contributed by atoms with van der Waals surface area (Å²) in [5.41, 5.74) is 3.66. The molecule has 1 aromatic rings. The van der Waals surface area contributed by atoms with E-state index in [1.54, 1.807) is 0 Å². The number of aliphatic hydroxyl groups excluding tert-OH is 1. The maximum Gasteiger partial charge on any atom is 0.0807 e. The molecule has 0 saturated heterocycles. The molecule has 0 saturated carbocycles. The van der Waals surface area contributed by atoms with Crippen molar-refractivity contribution in [1.82, 2.24) is 4.57 Å². The Morgan fingerprint density at radius 1 is 1.56 bits per heavy atom. The van der Waals surface area contributed by atoms with Crippen LogP contribution in [0.25, 0.3) is 0 Å². The fraction of sp³-hybridized carbons (Fsp3) is 0.600. The van der Waals surface area contributed by atoms with Crippen LogP contribution in [0.3, 0.4) is 0 Å². The van der Waals surface area contributed by atoms with Crippen molar-refractivity contribution in [3.8, 4) is 0 Å². The number of aliphatic hydroxyl groups is 1. The van der Waals surface area contributed by atoms with Crippen LogP contribution in [0.2, 0.25) is 0 Å². The average molecular weight is 249 g/mol. The van der Waals surface area contributed by atoms with E-state index in [4.69, 9.17) is 4.74 Å². The number of ether oxygens (including phenoxy) is 1. The Hall–Kier alpha value is -1.06. The van der Waals surface area contributed by atoms with E-state index in [0.29, 0.717) is 0 Å². The van der Waals surface area contributed by atoms with Crippen molar-refractivity contribution in [2.75, 3.05) is 13.2 Å². The van der Waals surface area contributed by atoms with Gasteiger partial charge in [-0.15, -0.1) is 6.58 Å². The van der Waals surface area contributed by atoms with Gasteiger partial charge in [0.15, 0.2) is 0 Å². The molecular weight excluding hydrogens is 226 g/mol. The van der Waals surface area contributed by atoms with Crippen LogP contribution in [0, 0.1) is 6.92 Å². The Morgan fingerprint density at radius 2 is 2.39 bits per heavy atom. The van der Waals surface area contributed by atoms with Crippen LogP contribution in [0.1, 0.15) is 42.3 Å². The molecule has 1 atom stereocenters. The van der Waals surface area contributed by atoms with Crippen LogP contribution in [0.15, 0.2) is 18.7 Å². The van der Waals surface area contributed by atoms with Gasteiger partial charge in [0.05, 0.1) is 19.3 Å². The van der Waals surface area contributed by atoms with Crippen LogP contribution in [-0.4, -0.2) is 22.9 Å². The first-order chi connectivity index (χ1) is 8.74. The summed E-state index contributed by atoms with van der Waals surface area (Å²) < 4.78 is 7.86. The van der Waals surface area contributed by atoms with Crippen molar-refractivity contribution in [2.24, 2.45) is 0 Å². The average Bonchev–Trinajstić information content (AvgIpc) is 2.68. The van der Waals surface area contributed by atoms with E-state index >= 15 is 0 Å². The summed E-state index contributed by atoms with van der Waals surface area (Å²) in [6.45, 7) is 8.13. The van der Waals surface area contributed by atoms with E-state index in [1.165, 1.54) is 11.4 Å². The fourth-order valence-electron chi connectivity index (χ4n) is 2.68. The minimum absolute atomic E-state index is 0.268. The van der Waals surface area contributed by atoms with Gasteiger partial charge in [-0.2, -0.15) is 0 Å². The van der Waals surface area contributed by atoms with Gasteiger partial charge in [0.2, 0.25) is 0 Å². The maximum atomic E-state index is 9.99. The molecule has 1 heterocycles. The molecule has 2 rings (SSSR count). The summed E-state index contributed by atoms with van der Waals surface area (Å²) in [5, 5.41) is 9.99. The molecule has 1 aromatic heterocycles. The van der Waals surface area contributed by atoms with E-state index in [9.17, 15) is 5.11 Å². The largest absolute Gasteiger partial charge is 0.388 e. The van der Waals surface area contributed by atoms with Crippen LogP contribution < -0.4 is 0 Å². The summed E-state index contributed by atoms with van der Waals surface area (Å²) in [6, 6.07) is 2.13. The quantitative estimate of drug-likeness (QED) is 0.621. The highest BCUT2D eigenvalue weighted by molar-refractivity contribution is 5.31. The number of fused-ring (bicyclic) bond motifs is 1. The van der Waals surface area contributed by atoms with Crippen LogP contribution in [0.4, 0.5) is 0 Å². The third-order valence-corrected chi connectivity index (χ3v) is 3.62. The molecule has 0 spiro atoms. The predicted molar refractivity (Wildman–Crippen MR) is 72.7 cm³/mol. The highest BCUT2D eigenvalue weighted by Crippen LogP contribution is 2.31. The topological polar surface area (TPSA) is 34.4 Å². The molecular formula is C15H23NO2. The third-order valence-electron chi connectivity index (χ3n) is 3.62. The second-order valence-corrected chi connectivity index (χ2v) is 4.94. The molecule has 1 aliphatic rings. The lowest BCUT2D eigenvalue weighted by Crippen LogP contribution is -2.15. The highest BCUT2D eigenvalue weighted by Gasteiger charge is 2.22. The molecule has 0 amide bonds. The van der Waals surface area contributed by atoms with E-state index in [1.807, 2.05) is 6.08 Å². The van der Waals surface area contributed by atoms with Gasteiger partial charge in [0, 0.05) is 23.5 Å². The smallest absolute Gasteiger partial charge is 0.0807 e. The van der Waals surface area contributed by atoms with Crippen molar-refractivity contribution < 1.29 is 9.84 Å². The summed E-state index contributed by atoms with van der Waals surface area (Å²) in [5.74, 6) is 0. The number of hydrogen-bond acceptors (Lipinski definition) is 2. The van der Waals surface area contributed by atoms with Crippen molar-refractivity contribution in [1.29, 1.82) is 0 Å². The van der Waals surface area contributed by atoms with E-state index in [-0.39, 0.29) is 6.10 Å². The number of aromatic nitrogens is 1. The summed E-state index contributed by atoms with van der Waals surface area (Å²) in [6.07, 6.45) is 5.56. The Bertz CT molecular complexity index is 409. The predicted octanol–water partition coefficient (Wildman–Crippen LogP) is 2.76. The normalized spacial score (nSPS) is 18.7. The number of aryl methyl sites for hydroxylation is 1. The van der Waals surface area contributed by atoms with E-state index in [0.717, 1.165) is 51.0 Å². The Kier molecular flexibility index (Phi) is 4.61. The standard InChI is InChI=1S/C15H23NO2/c1-3-4-9-18-10-8-16-12(2)11-13-14(16)6-5-7-15(13)17/h3,11,15,17H,1,4-10H2,2H3. The molecule has 100 valence electrons. The monoisotopic (exact) mass is 249 g/mol. The van der Waals surface area contributed by atoms with Gasteiger partial charge < -0.3 is 14.4 Å². The van der Waals surface area contributed by atoms with Gasteiger partial charge in [-0.05, 0) is 38.7 Å². The lowest BCUT2D eigenvalue weighted by Gasteiger charge is -2.20. The van der Waals surface area contributed by atoms with Crippen LogP contribution in [-0.2, 0) is 17.7 Å². The zero-order valence-corrected chi connectivity index (χ0v) is 11.2. The second-order valence-electron chi connectivity index (χ2n) is 4.94. The third kappa shape index (κ3) is 2.85. The molecule has 1 N–H and O–H groups in total. The lowest BCUT2D eigenvalue weighted by molar-refractivity contribution is 0.128. The fourth-order valence-corrected chi connectivity index (χ4v) is 2.68. The summed E-state index contributed by atoms with van der Waals surface area (Å²) in [4.78, 5) is 0. The molecule has 3 nitrogen and oxygen atoms in total. The Morgan fingerprint density at radius 3 is 3.17 bits per heavy atom. The first-order valence-corrected chi connectivity index (χ1v) is 6.79. The lowest BCUT2D eigenvalue weighted by atomic mass is 9.95. The summed E-state index contributed by atoms with van der Waals surface area (Å²) >= 11 is 0. The van der Waals surface area contributed by atoms with Crippen molar-refractivity contribution in [3.63, 3.8) is 0 Å². The Labute approximate surface area is 109 Å². The first-order valence-electron chi connectivity index (χ1n) is 6.79. The molecule has 1 unspecified atom stereocenters. The first kappa shape index (κ1) is 13.4. The van der Waals surface area contributed by atoms with Crippen molar-refractivity contribution in [3.05, 3.63) is 35.7 Å². The molecule has 3 heteroatoms. The van der Waals surface area contributed by atoms with Crippen LogP contribution in [0.5, 0.6) is 0 Å². The van der Waals surface area contributed by atoms with Gasteiger partial charge in [-0.3, -0.25) is 0 Å². The minimum Gasteiger partial charge on any atom is -0.388 e. The summed E-state index contributed by atoms with van der Waals surface area (Å²) in [7, 11) is 0. The molecule has 0 bridgehead atoms. The SMILES string of the molecule is C=CCCOCCn1c(C)cc2c1CCCC2O. The molecule has 18 heavy (non-hydrogen) atoms. The molecule has 1 aliphatic carbocycles. The number of nitrogens with zero attached hydrogens (tertiary/aromatic N) is 1. The van der Waals surface area contributed by atoms with Crippen molar-refractivity contribution >= 4 is 0 Å². The van der Waals surface area contributed by atoms with Gasteiger partial charge in [0.1, 0.15) is 0 Å². The minimum atomic E-state index is -0.268. The van der Waals surface area contributed by atoms with E-state index in [2.05, 4.69) is 24.1 Å². The van der Waals surface area contributed by atoms with Crippen LogP contribution >= 0.6 is 0 Å². The van der Waals surface area contributed by atoms with E-state index < -0.39 is 0 Å². The zero-order valence-electron chi connectivity index (χ0n) is 11.2. The molecule has 0 aromatic carbocycles. The zero-order chi connectivity index (χ0) is 13.0. The second kappa shape index (κ2) is 6.21. The Balaban J connectivity index is 1.98.